The fourth-order valence-electron chi connectivity index (χ4n) is 5.42. The Morgan fingerprint density at radius 2 is 1.80 bits per heavy atom. The molecule has 1 N–H and O–H groups in total. The van der Waals surface area contributed by atoms with Crippen LogP contribution in [0.4, 0.5) is 5.69 Å². The number of hydrogen-bond acceptors (Lipinski definition) is 2. The Labute approximate surface area is 188 Å². The number of nitrogens with zero attached hydrogens (tertiary/aromatic N) is 1. The van der Waals surface area contributed by atoms with Gasteiger partial charge in [0.25, 0.3) is 0 Å². The molecule has 1 heterocycles. The minimum Gasteiger partial charge on any atom is -0.326 e. The Morgan fingerprint density at radius 3 is 2.53 bits per heavy atom. The first kappa shape index (κ1) is 20.2. The number of halogens is 1. The largest absolute Gasteiger partial charge is 0.326 e. The lowest BCUT2D eigenvalue weighted by Gasteiger charge is -2.52. The highest BCUT2D eigenvalue weighted by molar-refractivity contribution is 9.10. The molecule has 2 fully saturated rings. The van der Waals surface area contributed by atoms with Gasteiger partial charge in [-0.1, -0.05) is 22.0 Å². The van der Waals surface area contributed by atoms with E-state index in [0.29, 0.717) is 11.3 Å². The number of carbonyl (C=O) groups excluding carboxylic acids is 1. The average Bonchev–Trinajstić information content (AvgIpc) is 2.73. The first-order chi connectivity index (χ1) is 14.5. The topological polar surface area (TPSA) is 42.0 Å². The molecule has 30 heavy (non-hydrogen) atoms. The summed E-state index contributed by atoms with van der Waals surface area (Å²) in [6, 6.07) is 16.5. The molecule has 2 saturated carbocycles. The highest BCUT2D eigenvalue weighted by Crippen LogP contribution is 2.59. The first-order valence-electron chi connectivity index (χ1n) is 10.7. The van der Waals surface area contributed by atoms with Gasteiger partial charge in [0.2, 0.25) is 5.91 Å². The van der Waals surface area contributed by atoms with Gasteiger partial charge in [0.1, 0.15) is 0 Å². The Hall–Kier alpha value is -1.77. The predicted octanol–water partition coefficient (Wildman–Crippen LogP) is 6.19. The van der Waals surface area contributed by atoms with Gasteiger partial charge in [-0.15, -0.1) is 9.24 Å². The normalized spacial score (nSPS) is 25.8. The van der Waals surface area contributed by atoms with Crippen LogP contribution in [0.5, 0.6) is 0 Å². The lowest BCUT2D eigenvalue weighted by Crippen LogP contribution is -2.41. The molecule has 3 nitrogen and oxygen atoms in total. The van der Waals surface area contributed by atoms with Crippen molar-refractivity contribution in [3.8, 4) is 0 Å². The maximum Gasteiger partial charge on any atom is 0.227 e. The molecule has 0 aliphatic heterocycles. The van der Waals surface area contributed by atoms with Crippen LogP contribution in [-0.2, 0) is 4.79 Å². The summed E-state index contributed by atoms with van der Waals surface area (Å²) in [5, 5.41) is 5.60. The van der Waals surface area contributed by atoms with Crippen molar-refractivity contribution in [2.45, 2.75) is 44.4 Å². The predicted molar refractivity (Wildman–Crippen MR) is 130 cm³/mol. The fourth-order valence-corrected chi connectivity index (χ4v) is 5.95. The number of benzene rings is 2. The van der Waals surface area contributed by atoms with Crippen molar-refractivity contribution >= 4 is 53.0 Å². The van der Waals surface area contributed by atoms with Gasteiger partial charge in [0, 0.05) is 27.7 Å². The second-order valence-corrected chi connectivity index (χ2v) is 10.6. The van der Waals surface area contributed by atoms with E-state index < -0.39 is 0 Å². The highest BCUT2D eigenvalue weighted by Gasteiger charge is 2.47. The molecular formula is C25H26BrN2OP. The van der Waals surface area contributed by atoms with Gasteiger partial charge >= 0.3 is 0 Å². The van der Waals surface area contributed by atoms with E-state index in [4.69, 9.17) is 0 Å². The smallest absolute Gasteiger partial charge is 0.227 e. The van der Waals surface area contributed by atoms with E-state index in [-0.39, 0.29) is 11.8 Å². The minimum absolute atomic E-state index is 0.139. The summed E-state index contributed by atoms with van der Waals surface area (Å²) >= 11 is 3.44. The molecule has 1 aromatic heterocycles. The molecule has 0 saturated heterocycles. The molecule has 0 bridgehead atoms. The van der Waals surface area contributed by atoms with Crippen molar-refractivity contribution in [2.75, 3.05) is 5.32 Å². The lowest BCUT2D eigenvalue weighted by atomic mass is 9.53. The molecule has 5 rings (SSSR count). The van der Waals surface area contributed by atoms with Crippen LogP contribution in [0.1, 0.15) is 50.0 Å². The van der Waals surface area contributed by atoms with Crippen LogP contribution >= 0.6 is 25.2 Å². The van der Waals surface area contributed by atoms with E-state index in [1.165, 1.54) is 41.9 Å². The molecule has 2 aliphatic carbocycles. The molecule has 2 aromatic carbocycles. The number of amides is 1. The summed E-state index contributed by atoms with van der Waals surface area (Å²) in [4.78, 5) is 17.2. The average molecular weight is 481 g/mol. The van der Waals surface area contributed by atoms with Gasteiger partial charge in [-0.3, -0.25) is 9.78 Å². The number of pyridine rings is 1. The van der Waals surface area contributed by atoms with E-state index in [1.54, 1.807) is 0 Å². The Bertz CT molecular complexity index is 1080. The van der Waals surface area contributed by atoms with Crippen molar-refractivity contribution in [1.82, 2.24) is 4.98 Å². The third-order valence-electron chi connectivity index (χ3n) is 7.13. The molecule has 5 heteroatoms. The Morgan fingerprint density at radius 1 is 1.07 bits per heavy atom. The van der Waals surface area contributed by atoms with Crippen LogP contribution in [-0.4, -0.2) is 10.9 Å². The monoisotopic (exact) mass is 480 g/mol. The summed E-state index contributed by atoms with van der Waals surface area (Å²) in [7, 11) is 2.80. The zero-order valence-corrected chi connectivity index (χ0v) is 19.6. The summed E-state index contributed by atoms with van der Waals surface area (Å²) in [6.45, 7) is 0. The van der Waals surface area contributed by atoms with Gasteiger partial charge in [-0.25, -0.2) is 0 Å². The maximum absolute atomic E-state index is 12.7. The van der Waals surface area contributed by atoms with E-state index in [2.05, 4.69) is 59.7 Å². The van der Waals surface area contributed by atoms with Crippen molar-refractivity contribution in [3.05, 3.63) is 64.8 Å². The van der Waals surface area contributed by atoms with Crippen LogP contribution in [0.2, 0.25) is 0 Å². The number of rotatable bonds is 3. The van der Waals surface area contributed by atoms with Gasteiger partial charge < -0.3 is 5.32 Å². The Balaban J connectivity index is 1.21. The number of aromatic nitrogens is 1. The highest BCUT2D eigenvalue weighted by atomic mass is 79.9. The van der Waals surface area contributed by atoms with Crippen molar-refractivity contribution in [2.24, 2.45) is 11.3 Å². The second-order valence-electron chi connectivity index (χ2n) is 9.05. The molecule has 1 spiro atoms. The zero-order chi connectivity index (χ0) is 20.7. The van der Waals surface area contributed by atoms with E-state index in [1.807, 2.05) is 30.5 Å². The quantitative estimate of drug-likeness (QED) is 0.454. The standard InChI is InChI=1S/C25H26BrN2OP/c26-18-1-3-19(4-2-18)28-24(29)16-7-10-25(11-8-16)14-17(15-25)21-9-12-27-23-6-5-20(30)13-22(21)23/h1-6,9,12-13,16-17H,7-8,10-11,14-15,30H2,(H,28,29). The first-order valence-corrected chi connectivity index (χ1v) is 12.1. The summed E-state index contributed by atoms with van der Waals surface area (Å²) in [5.74, 6) is 0.936. The van der Waals surface area contributed by atoms with Gasteiger partial charge in [0.05, 0.1) is 5.52 Å². The van der Waals surface area contributed by atoms with E-state index in [0.717, 1.165) is 28.5 Å². The second kappa shape index (κ2) is 8.05. The number of anilines is 1. The third-order valence-corrected chi connectivity index (χ3v) is 8.01. The van der Waals surface area contributed by atoms with E-state index >= 15 is 0 Å². The molecule has 2 aliphatic rings. The number of fused-ring (bicyclic) bond motifs is 1. The van der Waals surface area contributed by atoms with Crippen molar-refractivity contribution < 1.29 is 4.79 Å². The molecule has 0 radical (unpaired) electrons. The van der Waals surface area contributed by atoms with Crippen LogP contribution < -0.4 is 10.6 Å². The van der Waals surface area contributed by atoms with Gasteiger partial charge in [-0.05, 0) is 103 Å². The van der Waals surface area contributed by atoms with Crippen LogP contribution in [0.25, 0.3) is 10.9 Å². The number of carbonyl (C=O) groups is 1. The maximum atomic E-state index is 12.7. The molecular weight excluding hydrogens is 455 g/mol. The van der Waals surface area contributed by atoms with Crippen molar-refractivity contribution in [1.29, 1.82) is 0 Å². The summed E-state index contributed by atoms with van der Waals surface area (Å²) in [5.41, 5.74) is 3.86. The van der Waals surface area contributed by atoms with Crippen LogP contribution in [0, 0.1) is 11.3 Å². The zero-order valence-electron chi connectivity index (χ0n) is 16.9. The molecule has 3 aromatic rings. The fraction of sp³-hybridized carbons (Fsp3) is 0.360. The molecule has 1 amide bonds. The minimum atomic E-state index is 0.139. The van der Waals surface area contributed by atoms with E-state index in [9.17, 15) is 4.79 Å². The molecule has 1 unspecified atom stereocenters. The number of hydrogen-bond donors (Lipinski definition) is 1. The number of nitrogens with one attached hydrogen (secondary N) is 1. The van der Waals surface area contributed by atoms with Crippen LogP contribution in [0.15, 0.2) is 59.2 Å². The molecule has 154 valence electrons. The SMILES string of the molecule is O=C(Nc1ccc(Br)cc1)C1CCC2(CC1)CC(c1ccnc3ccc(P)cc13)C2. The van der Waals surface area contributed by atoms with Crippen molar-refractivity contribution in [3.63, 3.8) is 0 Å². The summed E-state index contributed by atoms with van der Waals surface area (Å²) < 4.78 is 1.02. The Kier molecular flexibility index (Phi) is 5.41. The van der Waals surface area contributed by atoms with Gasteiger partial charge in [-0.2, -0.15) is 0 Å². The van der Waals surface area contributed by atoms with Crippen LogP contribution in [0.3, 0.4) is 0 Å². The summed E-state index contributed by atoms with van der Waals surface area (Å²) in [6.07, 6.45) is 8.78. The molecule has 1 atom stereocenters. The lowest BCUT2D eigenvalue weighted by molar-refractivity contribution is -0.122. The third kappa shape index (κ3) is 3.92. The van der Waals surface area contributed by atoms with Gasteiger partial charge in [0.15, 0.2) is 0 Å².